The molecule has 0 aliphatic heterocycles. The van der Waals surface area contributed by atoms with Gasteiger partial charge in [0, 0.05) is 31.9 Å². The molecule has 0 spiro atoms. The van der Waals surface area contributed by atoms with Crippen LogP contribution in [0.25, 0.3) is 0 Å². The van der Waals surface area contributed by atoms with E-state index in [1.54, 1.807) is 12.3 Å². The summed E-state index contributed by atoms with van der Waals surface area (Å²) in [5, 5.41) is 3.47. The molecule has 108 valence electrons. The number of halogens is 2. The molecule has 3 nitrogen and oxygen atoms in total. The predicted octanol–water partition coefficient (Wildman–Crippen LogP) is 3.61. The average Bonchev–Trinajstić information content (AvgIpc) is 2.83. The molecule has 0 bridgehead atoms. The Bertz CT molecular complexity index is 568. The zero-order valence-corrected chi connectivity index (χ0v) is 13.3. The molecule has 1 atom stereocenters. The Labute approximate surface area is 127 Å². The highest BCUT2D eigenvalue weighted by atomic mass is 79.9. The molecule has 0 fully saturated rings. The maximum atomic E-state index is 13.7. The second-order valence-electron chi connectivity index (χ2n) is 4.81. The third-order valence-electron chi connectivity index (χ3n) is 3.31. The molecule has 1 unspecified atom stereocenters. The summed E-state index contributed by atoms with van der Waals surface area (Å²) in [7, 11) is 1.97. The summed E-state index contributed by atoms with van der Waals surface area (Å²) in [5.41, 5.74) is 0.932. The van der Waals surface area contributed by atoms with E-state index in [1.807, 2.05) is 23.9 Å². The van der Waals surface area contributed by atoms with Crippen molar-refractivity contribution in [1.82, 2.24) is 14.9 Å². The molecule has 1 heterocycles. The van der Waals surface area contributed by atoms with Crippen molar-refractivity contribution < 1.29 is 4.39 Å². The van der Waals surface area contributed by atoms with E-state index in [1.165, 1.54) is 6.07 Å². The Morgan fingerprint density at radius 2 is 2.25 bits per heavy atom. The number of benzene rings is 1. The highest BCUT2D eigenvalue weighted by Crippen LogP contribution is 2.28. The zero-order valence-electron chi connectivity index (χ0n) is 11.7. The van der Waals surface area contributed by atoms with E-state index in [2.05, 4.69) is 33.2 Å². The molecule has 0 aliphatic rings. The molecule has 0 radical (unpaired) electrons. The van der Waals surface area contributed by atoms with Gasteiger partial charge >= 0.3 is 0 Å². The van der Waals surface area contributed by atoms with Gasteiger partial charge in [-0.25, -0.2) is 9.37 Å². The zero-order chi connectivity index (χ0) is 14.5. The van der Waals surface area contributed by atoms with Crippen molar-refractivity contribution in [2.75, 3.05) is 6.54 Å². The fourth-order valence-electron chi connectivity index (χ4n) is 2.18. The monoisotopic (exact) mass is 339 g/mol. The Morgan fingerprint density at radius 3 is 2.90 bits per heavy atom. The standard InChI is InChI=1S/C15H19BrFN3/c1-3-7-18-13(10-14-19-8-9-20(14)2)11-5-4-6-12(17)15(11)16/h4-6,8-9,13,18H,3,7,10H2,1-2H3. The number of hydrogen-bond acceptors (Lipinski definition) is 2. The Kier molecular flexibility index (Phi) is 5.31. The van der Waals surface area contributed by atoms with Crippen molar-refractivity contribution in [3.63, 3.8) is 0 Å². The van der Waals surface area contributed by atoms with Crippen LogP contribution in [0.1, 0.15) is 30.8 Å². The number of aryl methyl sites for hydroxylation is 1. The fourth-order valence-corrected chi connectivity index (χ4v) is 2.72. The number of imidazole rings is 1. The predicted molar refractivity (Wildman–Crippen MR) is 82.0 cm³/mol. The van der Waals surface area contributed by atoms with Crippen LogP contribution in [0.5, 0.6) is 0 Å². The van der Waals surface area contributed by atoms with Gasteiger partial charge in [0.2, 0.25) is 0 Å². The van der Waals surface area contributed by atoms with Crippen molar-refractivity contribution in [2.45, 2.75) is 25.8 Å². The highest BCUT2D eigenvalue weighted by Gasteiger charge is 2.18. The van der Waals surface area contributed by atoms with Crippen LogP contribution < -0.4 is 5.32 Å². The molecule has 2 aromatic rings. The van der Waals surface area contributed by atoms with Crippen LogP contribution in [0.4, 0.5) is 4.39 Å². The molecule has 0 saturated heterocycles. The Morgan fingerprint density at radius 1 is 1.45 bits per heavy atom. The third kappa shape index (κ3) is 3.46. The van der Waals surface area contributed by atoms with Crippen molar-refractivity contribution in [1.29, 1.82) is 0 Å². The first-order valence-corrected chi connectivity index (χ1v) is 7.56. The molecular weight excluding hydrogens is 321 g/mol. The van der Waals surface area contributed by atoms with Gasteiger partial charge in [-0.3, -0.25) is 0 Å². The summed E-state index contributed by atoms with van der Waals surface area (Å²) < 4.78 is 16.2. The van der Waals surface area contributed by atoms with Gasteiger partial charge < -0.3 is 9.88 Å². The van der Waals surface area contributed by atoms with Gasteiger partial charge in [0.25, 0.3) is 0 Å². The molecule has 1 N–H and O–H groups in total. The number of nitrogens with zero attached hydrogens (tertiary/aromatic N) is 2. The topological polar surface area (TPSA) is 29.9 Å². The molecule has 1 aromatic heterocycles. The van der Waals surface area contributed by atoms with Crippen molar-refractivity contribution in [3.8, 4) is 0 Å². The summed E-state index contributed by atoms with van der Waals surface area (Å²) in [6.45, 7) is 3.00. The van der Waals surface area contributed by atoms with E-state index < -0.39 is 0 Å². The van der Waals surface area contributed by atoms with E-state index in [0.29, 0.717) is 4.47 Å². The first kappa shape index (κ1) is 15.2. The Balaban J connectivity index is 2.27. The molecule has 0 aliphatic carbocycles. The van der Waals surface area contributed by atoms with Crippen LogP contribution in [0, 0.1) is 5.82 Å². The first-order valence-electron chi connectivity index (χ1n) is 6.77. The molecule has 1 aromatic carbocycles. The van der Waals surface area contributed by atoms with Gasteiger partial charge in [-0.1, -0.05) is 19.1 Å². The lowest BCUT2D eigenvalue weighted by atomic mass is 10.0. The first-order chi connectivity index (χ1) is 9.63. The number of aromatic nitrogens is 2. The largest absolute Gasteiger partial charge is 0.338 e. The van der Waals surface area contributed by atoms with E-state index >= 15 is 0 Å². The SMILES string of the molecule is CCCNC(Cc1nccn1C)c1cccc(F)c1Br. The van der Waals surface area contributed by atoms with E-state index in [9.17, 15) is 4.39 Å². The molecule has 0 saturated carbocycles. The van der Waals surface area contributed by atoms with Crippen LogP contribution in [0.3, 0.4) is 0 Å². The van der Waals surface area contributed by atoms with Gasteiger partial charge in [0.15, 0.2) is 0 Å². The minimum Gasteiger partial charge on any atom is -0.338 e. The van der Waals surface area contributed by atoms with Crippen molar-refractivity contribution in [2.24, 2.45) is 7.05 Å². The van der Waals surface area contributed by atoms with Gasteiger partial charge in [-0.05, 0) is 40.5 Å². The summed E-state index contributed by atoms with van der Waals surface area (Å²) in [6, 6.07) is 5.20. The lowest BCUT2D eigenvalue weighted by Crippen LogP contribution is -2.25. The molecule has 20 heavy (non-hydrogen) atoms. The van der Waals surface area contributed by atoms with Crippen LogP contribution in [0.15, 0.2) is 35.1 Å². The number of nitrogens with one attached hydrogen (secondary N) is 1. The normalized spacial score (nSPS) is 12.6. The average molecular weight is 340 g/mol. The number of rotatable bonds is 6. The second kappa shape index (κ2) is 6.99. The minimum absolute atomic E-state index is 0.0427. The van der Waals surface area contributed by atoms with Crippen LogP contribution in [-0.2, 0) is 13.5 Å². The second-order valence-corrected chi connectivity index (χ2v) is 5.60. The Hall–Kier alpha value is -1.20. The fraction of sp³-hybridized carbons (Fsp3) is 0.400. The quantitative estimate of drug-likeness (QED) is 0.871. The lowest BCUT2D eigenvalue weighted by molar-refractivity contribution is 0.505. The highest BCUT2D eigenvalue weighted by molar-refractivity contribution is 9.10. The van der Waals surface area contributed by atoms with Crippen molar-refractivity contribution >= 4 is 15.9 Å². The van der Waals surface area contributed by atoms with Crippen molar-refractivity contribution in [3.05, 3.63) is 52.3 Å². The molecule has 5 heteroatoms. The molecule has 2 rings (SSSR count). The smallest absolute Gasteiger partial charge is 0.137 e. The van der Waals surface area contributed by atoms with Crippen LogP contribution >= 0.6 is 15.9 Å². The molecule has 0 amide bonds. The van der Waals surface area contributed by atoms with E-state index in [0.717, 1.165) is 30.8 Å². The number of hydrogen-bond donors (Lipinski definition) is 1. The van der Waals surface area contributed by atoms with Crippen LogP contribution in [-0.4, -0.2) is 16.1 Å². The van der Waals surface area contributed by atoms with Gasteiger partial charge in [-0.2, -0.15) is 0 Å². The minimum atomic E-state index is -0.231. The summed E-state index contributed by atoms with van der Waals surface area (Å²) in [4.78, 5) is 4.36. The van der Waals surface area contributed by atoms with Gasteiger partial charge in [0.1, 0.15) is 11.6 Å². The third-order valence-corrected chi connectivity index (χ3v) is 4.14. The lowest BCUT2D eigenvalue weighted by Gasteiger charge is -2.20. The molecular formula is C15H19BrFN3. The summed E-state index contributed by atoms with van der Waals surface area (Å²) in [6.07, 6.45) is 5.47. The van der Waals surface area contributed by atoms with Gasteiger partial charge in [-0.15, -0.1) is 0 Å². The maximum Gasteiger partial charge on any atom is 0.137 e. The summed E-state index contributed by atoms with van der Waals surface area (Å²) >= 11 is 3.35. The van der Waals surface area contributed by atoms with Crippen LogP contribution in [0.2, 0.25) is 0 Å². The summed E-state index contributed by atoms with van der Waals surface area (Å²) in [5.74, 6) is 0.750. The maximum absolute atomic E-state index is 13.7. The van der Waals surface area contributed by atoms with Gasteiger partial charge in [0.05, 0.1) is 4.47 Å². The van der Waals surface area contributed by atoms with E-state index in [-0.39, 0.29) is 11.9 Å². The van der Waals surface area contributed by atoms with E-state index in [4.69, 9.17) is 0 Å².